The minimum absolute atomic E-state index is 0.228. The lowest BCUT2D eigenvalue weighted by atomic mass is 10.1. The summed E-state index contributed by atoms with van der Waals surface area (Å²) in [6.45, 7) is 6.00. The topological polar surface area (TPSA) is 112 Å². The van der Waals surface area contributed by atoms with Crippen LogP contribution in [-0.2, 0) is 28.5 Å². The molecule has 2 atom stereocenters. The van der Waals surface area contributed by atoms with Gasteiger partial charge >= 0.3 is 11.9 Å². The average molecular weight is 435 g/mol. The van der Waals surface area contributed by atoms with Crippen molar-refractivity contribution in [3.05, 3.63) is 0 Å². The Morgan fingerprint density at radius 3 is 1.30 bits per heavy atom. The molecule has 0 aromatic rings. The molecule has 0 aliphatic carbocycles. The molecule has 0 aliphatic rings. The van der Waals surface area contributed by atoms with Gasteiger partial charge in [-0.1, -0.05) is 65.2 Å². The molecule has 2 N–H and O–H groups in total. The number of carbonyl (C=O) groups is 2. The van der Waals surface area contributed by atoms with Gasteiger partial charge in [-0.05, 0) is 12.8 Å². The van der Waals surface area contributed by atoms with Crippen molar-refractivity contribution >= 4 is 11.9 Å². The zero-order valence-electron chi connectivity index (χ0n) is 18.8. The summed E-state index contributed by atoms with van der Waals surface area (Å²) in [6.07, 6.45) is 7.67. The quantitative estimate of drug-likeness (QED) is 0.233. The second-order valence-corrected chi connectivity index (χ2v) is 7.32. The minimum Gasteiger partial charge on any atom is -0.479 e. The summed E-state index contributed by atoms with van der Waals surface area (Å²) in [5.41, 5.74) is 0. The summed E-state index contributed by atoms with van der Waals surface area (Å²) >= 11 is 0. The molecule has 0 amide bonds. The molecule has 0 spiro atoms. The van der Waals surface area contributed by atoms with Crippen LogP contribution in [0.1, 0.15) is 78.1 Å². The summed E-state index contributed by atoms with van der Waals surface area (Å²) in [4.78, 5) is 22.3. The molecular formula is C22H42O8. The molecular weight excluding hydrogens is 392 g/mol. The minimum atomic E-state index is -0.931. The van der Waals surface area contributed by atoms with Gasteiger partial charge in [0.1, 0.15) is 0 Å². The van der Waals surface area contributed by atoms with Crippen molar-refractivity contribution in [3.63, 3.8) is 0 Å². The first-order valence-electron chi connectivity index (χ1n) is 11.4. The standard InChI is InChI=1S/C22H42O8/c1-3-5-7-9-11-19(21(23)24)29-17-15-27-13-14-28-16-18-30-20(22(25)26)12-10-8-6-4-2/h19-20H,3-18H2,1-2H3,(H,23,24)(H,25,26). The summed E-state index contributed by atoms with van der Waals surface area (Å²) < 4.78 is 21.5. The third kappa shape index (κ3) is 17.6. The summed E-state index contributed by atoms with van der Waals surface area (Å²) in [6, 6.07) is 0. The Hall–Kier alpha value is -1.22. The van der Waals surface area contributed by atoms with E-state index >= 15 is 0 Å². The van der Waals surface area contributed by atoms with Crippen LogP contribution in [0.25, 0.3) is 0 Å². The third-order valence-corrected chi connectivity index (χ3v) is 4.66. The van der Waals surface area contributed by atoms with Gasteiger partial charge in [0.25, 0.3) is 0 Å². The van der Waals surface area contributed by atoms with E-state index < -0.39 is 24.1 Å². The normalized spacial score (nSPS) is 13.3. The van der Waals surface area contributed by atoms with E-state index in [-0.39, 0.29) is 13.2 Å². The first-order chi connectivity index (χ1) is 14.5. The molecule has 0 saturated carbocycles. The van der Waals surface area contributed by atoms with Gasteiger partial charge in [-0.3, -0.25) is 0 Å². The fraction of sp³-hybridized carbons (Fsp3) is 0.909. The van der Waals surface area contributed by atoms with Crippen molar-refractivity contribution in [1.29, 1.82) is 0 Å². The maximum Gasteiger partial charge on any atom is 0.332 e. The molecule has 8 heteroatoms. The largest absolute Gasteiger partial charge is 0.479 e. The number of ether oxygens (including phenoxy) is 4. The molecule has 178 valence electrons. The second kappa shape index (κ2) is 21.0. The molecule has 0 rings (SSSR count). The fourth-order valence-corrected chi connectivity index (χ4v) is 2.89. The number of unbranched alkanes of at least 4 members (excludes halogenated alkanes) is 6. The Morgan fingerprint density at radius 1 is 0.600 bits per heavy atom. The highest BCUT2D eigenvalue weighted by atomic mass is 16.6. The van der Waals surface area contributed by atoms with Crippen molar-refractivity contribution in [2.45, 2.75) is 90.3 Å². The third-order valence-electron chi connectivity index (χ3n) is 4.66. The van der Waals surface area contributed by atoms with E-state index in [4.69, 9.17) is 29.2 Å². The molecule has 0 radical (unpaired) electrons. The molecule has 8 nitrogen and oxygen atoms in total. The second-order valence-electron chi connectivity index (χ2n) is 7.32. The SMILES string of the molecule is CCCCCCC(OCCOCCOCCOC(CCCCCC)C(=O)O)C(=O)O. The van der Waals surface area contributed by atoms with Crippen molar-refractivity contribution in [1.82, 2.24) is 0 Å². The molecule has 0 aliphatic heterocycles. The van der Waals surface area contributed by atoms with Crippen LogP contribution in [0.5, 0.6) is 0 Å². The van der Waals surface area contributed by atoms with Gasteiger partial charge in [0.2, 0.25) is 0 Å². The van der Waals surface area contributed by atoms with Crippen LogP contribution in [0, 0.1) is 0 Å². The predicted octanol–water partition coefficient (Wildman–Crippen LogP) is 3.90. The Morgan fingerprint density at radius 2 is 0.967 bits per heavy atom. The van der Waals surface area contributed by atoms with Gasteiger partial charge < -0.3 is 29.2 Å². The summed E-state index contributed by atoms with van der Waals surface area (Å²) in [5, 5.41) is 18.3. The Labute approximate surface area is 181 Å². The molecule has 30 heavy (non-hydrogen) atoms. The van der Waals surface area contributed by atoms with Gasteiger partial charge in [-0.25, -0.2) is 9.59 Å². The number of hydrogen-bond donors (Lipinski definition) is 2. The zero-order chi connectivity index (χ0) is 22.5. The Bertz CT molecular complexity index is 378. The van der Waals surface area contributed by atoms with Crippen LogP contribution in [0.15, 0.2) is 0 Å². The lowest BCUT2D eigenvalue weighted by Gasteiger charge is -2.14. The van der Waals surface area contributed by atoms with Crippen LogP contribution in [0.4, 0.5) is 0 Å². The van der Waals surface area contributed by atoms with Gasteiger partial charge in [0, 0.05) is 0 Å². The lowest BCUT2D eigenvalue weighted by molar-refractivity contribution is -0.153. The van der Waals surface area contributed by atoms with Crippen LogP contribution in [0.3, 0.4) is 0 Å². The molecule has 2 unspecified atom stereocenters. The maximum atomic E-state index is 11.2. The highest BCUT2D eigenvalue weighted by molar-refractivity contribution is 5.72. The molecule has 0 saturated heterocycles. The van der Waals surface area contributed by atoms with E-state index in [0.717, 1.165) is 51.4 Å². The molecule has 0 aromatic carbocycles. The highest BCUT2D eigenvalue weighted by Crippen LogP contribution is 2.09. The summed E-state index contributed by atoms with van der Waals surface area (Å²) in [5.74, 6) is -1.86. The van der Waals surface area contributed by atoms with Crippen LogP contribution in [-0.4, -0.2) is 74.0 Å². The van der Waals surface area contributed by atoms with E-state index in [0.29, 0.717) is 39.3 Å². The summed E-state index contributed by atoms with van der Waals surface area (Å²) in [7, 11) is 0. The number of aliphatic carboxylic acids is 2. The van der Waals surface area contributed by atoms with Crippen molar-refractivity contribution in [2.24, 2.45) is 0 Å². The molecule has 0 aromatic heterocycles. The highest BCUT2D eigenvalue weighted by Gasteiger charge is 2.18. The van der Waals surface area contributed by atoms with Crippen molar-refractivity contribution < 1.29 is 38.7 Å². The van der Waals surface area contributed by atoms with Crippen LogP contribution in [0.2, 0.25) is 0 Å². The molecule has 0 bridgehead atoms. The number of hydrogen-bond acceptors (Lipinski definition) is 6. The first kappa shape index (κ1) is 28.8. The monoisotopic (exact) mass is 434 g/mol. The van der Waals surface area contributed by atoms with E-state index in [1.54, 1.807) is 0 Å². The Balaban J connectivity index is 3.62. The van der Waals surface area contributed by atoms with E-state index in [1.165, 1.54) is 0 Å². The lowest BCUT2D eigenvalue weighted by Crippen LogP contribution is -2.26. The van der Waals surface area contributed by atoms with Gasteiger partial charge in [-0.2, -0.15) is 0 Å². The molecule has 0 fully saturated rings. The van der Waals surface area contributed by atoms with E-state index in [1.807, 2.05) is 0 Å². The van der Waals surface area contributed by atoms with Gasteiger partial charge in [0.05, 0.1) is 39.6 Å². The predicted molar refractivity (Wildman–Crippen MR) is 114 cm³/mol. The number of carboxylic acids is 2. The van der Waals surface area contributed by atoms with E-state index in [2.05, 4.69) is 13.8 Å². The van der Waals surface area contributed by atoms with Crippen molar-refractivity contribution in [2.75, 3.05) is 39.6 Å². The van der Waals surface area contributed by atoms with Gasteiger partial charge in [-0.15, -0.1) is 0 Å². The molecule has 0 heterocycles. The number of rotatable bonds is 23. The fourth-order valence-electron chi connectivity index (χ4n) is 2.89. The number of carboxylic acid groups (broad SMARTS) is 2. The maximum absolute atomic E-state index is 11.2. The van der Waals surface area contributed by atoms with Crippen LogP contribution < -0.4 is 0 Å². The van der Waals surface area contributed by atoms with Crippen LogP contribution >= 0.6 is 0 Å². The van der Waals surface area contributed by atoms with Gasteiger partial charge in [0.15, 0.2) is 12.2 Å². The zero-order valence-corrected chi connectivity index (χ0v) is 18.8. The Kier molecular flexibility index (Phi) is 20.2. The first-order valence-corrected chi connectivity index (χ1v) is 11.4. The van der Waals surface area contributed by atoms with E-state index in [9.17, 15) is 9.59 Å². The smallest absolute Gasteiger partial charge is 0.332 e. The van der Waals surface area contributed by atoms with Crippen molar-refractivity contribution in [3.8, 4) is 0 Å². The average Bonchev–Trinajstić information content (AvgIpc) is 2.71.